The summed E-state index contributed by atoms with van der Waals surface area (Å²) in [6, 6.07) is 0. The van der Waals surface area contributed by atoms with Crippen LogP contribution in [0.4, 0.5) is 0 Å². The molecule has 0 saturated heterocycles. The Morgan fingerprint density at radius 1 is 0.409 bits per heavy atom. The van der Waals surface area contributed by atoms with E-state index >= 15 is 0 Å². The van der Waals surface area contributed by atoms with Gasteiger partial charge in [-0.3, -0.25) is 9.59 Å². The van der Waals surface area contributed by atoms with Gasteiger partial charge in [0.25, 0.3) is 0 Å². The second kappa shape index (κ2) is 33.1. The Morgan fingerprint density at radius 2 is 0.636 bits per heavy atom. The number of hydrogen-bond donors (Lipinski definition) is 3. The molecule has 0 aromatic heterocycles. The highest BCUT2D eigenvalue weighted by Gasteiger charge is 2.32. The van der Waals surface area contributed by atoms with Gasteiger partial charge in [-0.25, -0.2) is 0 Å². The Hall–Kier alpha value is -1.30. The van der Waals surface area contributed by atoms with E-state index in [1.54, 1.807) is 12.2 Å². The predicted molar refractivity (Wildman–Crippen MR) is 187 cm³/mol. The third-order valence-electron chi connectivity index (χ3n) is 8.74. The van der Waals surface area contributed by atoms with Crippen molar-refractivity contribution in [2.45, 2.75) is 212 Å². The van der Waals surface area contributed by atoms with Gasteiger partial charge in [-0.2, -0.15) is 0 Å². The number of carbonyl (C=O) groups is 2. The highest BCUT2D eigenvalue weighted by molar-refractivity contribution is 5.97. The van der Waals surface area contributed by atoms with Gasteiger partial charge in [0, 0.05) is 0 Å². The normalized spacial score (nSPS) is 14.0. The minimum atomic E-state index is -1.84. The van der Waals surface area contributed by atoms with Crippen molar-refractivity contribution in [1.82, 2.24) is 0 Å². The lowest BCUT2D eigenvalue weighted by Gasteiger charge is -2.19. The van der Waals surface area contributed by atoms with Crippen molar-refractivity contribution < 1.29 is 24.9 Å². The van der Waals surface area contributed by atoms with Crippen molar-refractivity contribution in [3.63, 3.8) is 0 Å². The van der Waals surface area contributed by atoms with Gasteiger partial charge in [-0.15, -0.1) is 0 Å². The number of carbonyl (C=O) groups excluding carboxylic acids is 2. The van der Waals surface area contributed by atoms with Crippen LogP contribution in [0.25, 0.3) is 0 Å². The molecule has 2 unspecified atom stereocenters. The third kappa shape index (κ3) is 27.0. The molecule has 0 spiro atoms. The average molecular weight is 621 g/mol. The molecule has 258 valence electrons. The van der Waals surface area contributed by atoms with E-state index in [1.807, 2.05) is 0 Å². The van der Waals surface area contributed by atoms with Gasteiger partial charge in [0.2, 0.25) is 0 Å². The Bertz CT molecular complexity index is 643. The second-order valence-electron chi connectivity index (χ2n) is 13.1. The summed E-state index contributed by atoms with van der Waals surface area (Å²) in [5.41, 5.74) is 0. The largest absolute Gasteiger partial charge is 0.387 e. The summed E-state index contributed by atoms with van der Waals surface area (Å²) in [5, 5.41) is 30.4. The van der Waals surface area contributed by atoms with Crippen molar-refractivity contribution in [2.75, 3.05) is 0 Å². The smallest absolute Gasteiger partial charge is 0.186 e. The fourth-order valence-electron chi connectivity index (χ4n) is 5.67. The van der Waals surface area contributed by atoms with Crippen molar-refractivity contribution in [2.24, 2.45) is 0 Å². The van der Waals surface area contributed by atoms with E-state index in [1.165, 1.54) is 153 Å². The maximum Gasteiger partial charge on any atom is 0.186 e. The molecule has 2 atom stereocenters. The van der Waals surface area contributed by atoms with Gasteiger partial charge < -0.3 is 15.3 Å². The molecule has 0 amide bonds. The van der Waals surface area contributed by atoms with Gasteiger partial charge in [0.15, 0.2) is 11.6 Å². The van der Waals surface area contributed by atoms with Gasteiger partial charge in [-0.05, 0) is 37.8 Å². The molecule has 0 bridgehead atoms. The molecule has 0 rings (SSSR count). The molecule has 44 heavy (non-hydrogen) atoms. The van der Waals surface area contributed by atoms with Crippen molar-refractivity contribution in [3.8, 4) is 0 Å². The average Bonchev–Trinajstić information content (AvgIpc) is 3.03. The van der Waals surface area contributed by atoms with Crippen LogP contribution in [0.5, 0.6) is 0 Å². The van der Waals surface area contributed by atoms with Gasteiger partial charge in [0.05, 0.1) is 0 Å². The van der Waals surface area contributed by atoms with Gasteiger partial charge in [0.1, 0.15) is 18.3 Å². The van der Waals surface area contributed by atoms with E-state index < -0.39 is 29.9 Å². The number of aliphatic hydroxyl groups excluding tert-OH is 3. The number of aliphatic hydroxyl groups is 3. The molecular weight excluding hydrogens is 548 g/mol. The first kappa shape index (κ1) is 42.7. The highest BCUT2D eigenvalue weighted by Crippen LogP contribution is 2.15. The van der Waals surface area contributed by atoms with E-state index in [2.05, 4.69) is 13.8 Å². The Morgan fingerprint density at radius 3 is 0.886 bits per heavy atom. The zero-order valence-electron chi connectivity index (χ0n) is 29.0. The van der Waals surface area contributed by atoms with E-state index in [0.29, 0.717) is 0 Å². The van der Waals surface area contributed by atoms with E-state index in [0.717, 1.165) is 38.5 Å². The molecule has 0 aromatic carbocycles. The monoisotopic (exact) mass is 621 g/mol. The molecule has 0 aromatic rings. The molecule has 0 saturated carbocycles. The standard InChI is InChI=1S/C39H72O5/c1-3-5-7-9-11-13-15-17-19-21-23-25-27-29-31-33-35(40)37(42)39(44)38(43)36(41)34-32-30-28-26-24-22-20-18-16-14-12-10-8-6-4-2/h31-34,37-39,42-44H,3-30H2,1-2H3. The van der Waals surface area contributed by atoms with Crippen molar-refractivity contribution >= 4 is 11.6 Å². The molecule has 0 fully saturated rings. The third-order valence-corrected chi connectivity index (χ3v) is 8.74. The van der Waals surface area contributed by atoms with Crippen molar-refractivity contribution in [3.05, 3.63) is 24.3 Å². The fourth-order valence-corrected chi connectivity index (χ4v) is 5.67. The first-order valence-corrected chi connectivity index (χ1v) is 18.9. The summed E-state index contributed by atoms with van der Waals surface area (Å²) in [6.45, 7) is 4.51. The molecule has 0 radical (unpaired) electrons. The molecule has 0 aliphatic rings. The fraction of sp³-hybridized carbons (Fsp3) is 0.846. The molecule has 3 N–H and O–H groups in total. The summed E-state index contributed by atoms with van der Waals surface area (Å²) >= 11 is 0. The van der Waals surface area contributed by atoms with E-state index in [-0.39, 0.29) is 0 Å². The molecule has 5 nitrogen and oxygen atoms in total. The number of ketones is 2. The highest BCUT2D eigenvalue weighted by atomic mass is 16.4. The lowest BCUT2D eigenvalue weighted by Crippen LogP contribution is -2.45. The van der Waals surface area contributed by atoms with Gasteiger partial charge in [-0.1, -0.05) is 180 Å². The maximum absolute atomic E-state index is 12.2. The minimum absolute atomic E-state index is 0.685. The number of unbranched alkanes of at least 4 members (excludes halogenated alkanes) is 26. The molecule has 0 aliphatic carbocycles. The van der Waals surface area contributed by atoms with Crippen LogP contribution < -0.4 is 0 Å². The number of allylic oxidation sites excluding steroid dienone is 2. The van der Waals surface area contributed by atoms with Crippen LogP contribution in [0.3, 0.4) is 0 Å². The van der Waals surface area contributed by atoms with Gasteiger partial charge >= 0.3 is 0 Å². The van der Waals surface area contributed by atoms with Crippen LogP contribution in [-0.4, -0.2) is 45.2 Å². The molecule has 0 aliphatic heterocycles. The van der Waals surface area contributed by atoms with E-state index in [4.69, 9.17) is 0 Å². The minimum Gasteiger partial charge on any atom is -0.387 e. The zero-order valence-corrected chi connectivity index (χ0v) is 29.0. The van der Waals surface area contributed by atoms with E-state index in [9.17, 15) is 24.9 Å². The van der Waals surface area contributed by atoms with Crippen LogP contribution in [-0.2, 0) is 9.59 Å². The lowest BCUT2D eigenvalue weighted by atomic mass is 10.00. The molecular formula is C39H72O5. The first-order chi connectivity index (χ1) is 21.5. The first-order valence-electron chi connectivity index (χ1n) is 18.9. The predicted octanol–water partition coefficient (Wildman–Crippen LogP) is 10.3. The molecule has 0 heterocycles. The van der Waals surface area contributed by atoms with Crippen LogP contribution in [0.2, 0.25) is 0 Å². The summed E-state index contributed by atoms with van der Waals surface area (Å²) in [7, 11) is 0. The van der Waals surface area contributed by atoms with Crippen LogP contribution in [0.15, 0.2) is 24.3 Å². The quantitative estimate of drug-likeness (QED) is 0.0491. The summed E-state index contributed by atoms with van der Waals surface area (Å²) in [5.74, 6) is -1.37. The summed E-state index contributed by atoms with van der Waals surface area (Å²) in [6.07, 6.45) is 35.3. The number of hydrogen-bond acceptors (Lipinski definition) is 5. The SMILES string of the molecule is CCCCCCCCCCCCCCCC=CC(=O)C(O)C(O)C(O)C(=O)C=CCCCCCCCCCCCCCCC. The maximum atomic E-state index is 12.2. The van der Waals surface area contributed by atoms with Crippen molar-refractivity contribution in [1.29, 1.82) is 0 Å². The Labute approximate surface area is 272 Å². The molecule has 5 heteroatoms. The van der Waals surface area contributed by atoms with Crippen LogP contribution in [0, 0.1) is 0 Å². The van der Waals surface area contributed by atoms with Crippen LogP contribution in [0.1, 0.15) is 194 Å². The van der Waals surface area contributed by atoms with Crippen LogP contribution >= 0.6 is 0 Å². The Balaban J connectivity index is 3.81. The summed E-state index contributed by atoms with van der Waals surface area (Å²) < 4.78 is 0. The topological polar surface area (TPSA) is 94.8 Å². The lowest BCUT2D eigenvalue weighted by molar-refractivity contribution is -0.141. The zero-order chi connectivity index (χ0) is 32.5. The summed E-state index contributed by atoms with van der Waals surface area (Å²) in [4.78, 5) is 24.4. The Kier molecular flexibility index (Phi) is 32.1. The number of rotatable bonds is 34. The second-order valence-corrected chi connectivity index (χ2v) is 13.1.